The van der Waals surface area contributed by atoms with Gasteiger partial charge in [0.15, 0.2) is 0 Å². The predicted octanol–water partition coefficient (Wildman–Crippen LogP) is 1.09. The molecule has 0 aromatic carbocycles. The first-order chi connectivity index (χ1) is 4.61. The number of halogens is 1. The van der Waals surface area contributed by atoms with Crippen molar-refractivity contribution in [1.29, 1.82) is 0 Å². The minimum Gasteiger partial charge on any atom is -0.267 e. The highest BCUT2D eigenvalue weighted by atomic mass is 79.9. The molecule has 0 saturated carbocycles. The lowest BCUT2D eigenvalue weighted by molar-refractivity contribution is -0.385. The summed E-state index contributed by atoms with van der Waals surface area (Å²) in [5.41, 5.74) is -0.0116. The fraction of sp³-hybridized carbons (Fsp3) is 0.250. The Kier molecular flexibility index (Phi) is 1.71. The summed E-state index contributed by atoms with van der Waals surface area (Å²) in [6, 6.07) is 0. The second kappa shape index (κ2) is 2.37. The lowest BCUT2D eigenvalue weighted by atomic mass is 10.6. The minimum absolute atomic E-state index is 0.0116. The summed E-state index contributed by atoms with van der Waals surface area (Å²) in [6.45, 7) is 0. The molecule has 0 aliphatic carbocycles. The van der Waals surface area contributed by atoms with Crippen molar-refractivity contribution < 1.29 is 4.92 Å². The molecule has 1 heterocycles. The van der Waals surface area contributed by atoms with E-state index in [0.29, 0.717) is 0 Å². The van der Waals surface area contributed by atoms with Crippen molar-refractivity contribution in [2.75, 3.05) is 0 Å². The highest BCUT2D eigenvalue weighted by Crippen LogP contribution is 2.20. The number of aromatic nitrogens is 2. The highest BCUT2D eigenvalue weighted by molar-refractivity contribution is 9.10. The topological polar surface area (TPSA) is 61.0 Å². The maximum Gasteiger partial charge on any atom is 0.321 e. The molecule has 0 radical (unpaired) electrons. The van der Waals surface area contributed by atoms with Gasteiger partial charge in [0, 0.05) is 7.05 Å². The van der Waals surface area contributed by atoms with Gasteiger partial charge in [-0.1, -0.05) is 0 Å². The number of nitro groups is 1. The molecule has 0 amide bonds. The van der Waals surface area contributed by atoms with Gasteiger partial charge < -0.3 is 0 Å². The van der Waals surface area contributed by atoms with E-state index in [2.05, 4.69) is 21.0 Å². The van der Waals surface area contributed by atoms with Gasteiger partial charge in [-0.15, -0.1) is 0 Å². The standard InChI is InChI=1S/C4H4BrN3O2/c1-7-2-3(8(9)10)4(5)6-7/h2H,1H3. The maximum atomic E-state index is 10.2. The molecule has 0 aliphatic rings. The lowest BCUT2D eigenvalue weighted by Crippen LogP contribution is -1.86. The molecule has 0 bridgehead atoms. The largest absolute Gasteiger partial charge is 0.321 e. The highest BCUT2D eigenvalue weighted by Gasteiger charge is 2.14. The van der Waals surface area contributed by atoms with Crippen LogP contribution in [0, 0.1) is 10.1 Å². The van der Waals surface area contributed by atoms with Gasteiger partial charge in [0.2, 0.25) is 4.60 Å². The van der Waals surface area contributed by atoms with Crippen molar-refractivity contribution in [3.05, 3.63) is 20.9 Å². The van der Waals surface area contributed by atoms with Crippen LogP contribution in [0.25, 0.3) is 0 Å². The van der Waals surface area contributed by atoms with Crippen molar-refractivity contribution in [1.82, 2.24) is 9.78 Å². The molecule has 6 heteroatoms. The van der Waals surface area contributed by atoms with Crippen LogP contribution < -0.4 is 0 Å². The summed E-state index contributed by atoms with van der Waals surface area (Å²) in [5.74, 6) is 0. The summed E-state index contributed by atoms with van der Waals surface area (Å²) in [7, 11) is 1.62. The summed E-state index contributed by atoms with van der Waals surface area (Å²) in [5, 5.41) is 13.9. The van der Waals surface area contributed by atoms with Crippen molar-refractivity contribution in [3.63, 3.8) is 0 Å². The average molecular weight is 206 g/mol. The van der Waals surface area contributed by atoms with E-state index in [0.717, 1.165) is 0 Å². The van der Waals surface area contributed by atoms with Gasteiger partial charge in [0.05, 0.1) is 4.92 Å². The van der Waals surface area contributed by atoms with E-state index >= 15 is 0 Å². The van der Waals surface area contributed by atoms with Gasteiger partial charge in [0.1, 0.15) is 6.20 Å². The first-order valence-corrected chi connectivity index (χ1v) is 3.24. The van der Waals surface area contributed by atoms with Crippen LogP contribution in [0.3, 0.4) is 0 Å². The van der Waals surface area contributed by atoms with Crippen LogP contribution in [0.5, 0.6) is 0 Å². The molecule has 0 unspecified atom stereocenters. The number of hydrogen-bond donors (Lipinski definition) is 0. The van der Waals surface area contributed by atoms with Crippen LogP contribution in [0.15, 0.2) is 10.8 Å². The van der Waals surface area contributed by atoms with Gasteiger partial charge in [-0.2, -0.15) is 5.10 Å². The molecule has 0 fully saturated rings. The van der Waals surface area contributed by atoms with E-state index in [1.165, 1.54) is 10.9 Å². The normalized spacial score (nSPS) is 9.80. The van der Waals surface area contributed by atoms with Crippen LogP contribution in [-0.4, -0.2) is 14.7 Å². The third-order valence-corrected chi connectivity index (χ3v) is 1.53. The molecular formula is C4H4BrN3O2. The molecule has 0 saturated heterocycles. The zero-order valence-electron chi connectivity index (χ0n) is 5.11. The predicted molar refractivity (Wildman–Crippen MR) is 37.6 cm³/mol. The third kappa shape index (κ3) is 1.15. The Bertz CT molecular complexity index is 269. The first kappa shape index (κ1) is 7.20. The molecule has 1 aromatic rings. The Morgan fingerprint density at radius 2 is 2.50 bits per heavy atom. The molecule has 10 heavy (non-hydrogen) atoms. The first-order valence-electron chi connectivity index (χ1n) is 2.45. The molecule has 0 N–H and O–H groups in total. The smallest absolute Gasteiger partial charge is 0.267 e. The monoisotopic (exact) mass is 205 g/mol. The lowest BCUT2D eigenvalue weighted by Gasteiger charge is -1.80. The van der Waals surface area contributed by atoms with E-state index in [1.54, 1.807) is 7.05 Å². The van der Waals surface area contributed by atoms with E-state index in [-0.39, 0.29) is 10.3 Å². The number of nitrogens with zero attached hydrogens (tertiary/aromatic N) is 3. The molecular weight excluding hydrogens is 202 g/mol. The van der Waals surface area contributed by atoms with Gasteiger partial charge in [-0.05, 0) is 15.9 Å². The second-order valence-corrected chi connectivity index (χ2v) is 2.49. The fourth-order valence-corrected chi connectivity index (χ4v) is 1.07. The van der Waals surface area contributed by atoms with Crippen LogP contribution in [0.4, 0.5) is 5.69 Å². The molecule has 0 spiro atoms. The van der Waals surface area contributed by atoms with Gasteiger partial charge in [-0.3, -0.25) is 14.8 Å². The summed E-state index contributed by atoms with van der Waals surface area (Å²) in [4.78, 5) is 9.67. The molecule has 1 rings (SSSR count). The van der Waals surface area contributed by atoms with E-state index in [4.69, 9.17) is 0 Å². The quantitative estimate of drug-likeness (QED) is 0.510. The molecule has 0 atom stereocenters. The van der Waals surface area contributed by atoms with Crippen LogP contribution in [-0.2, 0) is 7.05 Å². The minimum atomic E-state index is -0.489. The summed E-state index contributed by atoms with van der Waals surface area (Å²) >= 11 is 2.94. The van der Waals surface area contributed by atoms with Crippen LogP contribution in [0.1, 0.15) is 0 Å². The van der Waals surface area contributed by atoms with Crippen LogP contribution >= 0.6 is 15.9 Å². The van der Waals surface area contributed by atoms with Gasteiger partial charge in [0.25, 0.3) is 0 Å². The Labute approximate surface area is 64.9 Å². The Morgan fingerprint density at radius 3 is 2.70 bits per heavy atom. The Morgan fingerprint density at radius 1 is 1.90 bits per heavy atom. The van der Waals surface area contributed by atoms with Gasteiger partial charge >= 0.3 is 5.69 Å². The fourth-order valence-electron chi connectivity index (χ4n) is 0.571. The second-order valence-electron chi connectivity index (χ2n) is 1.74. The van der Waals surface area contributed by atoms with E-state index in [9.17, 15) is 10.1 Å². The molecule has 54 valence electrons. The van der Waals surface area contributed by atoms with Gasteiger partial charge in [-0.25, -0.2) is 0 Å². The summed E-state index contributed by atoms with van der Waals surface area (Å²) in [6.07, 6.45) is 1.34. The zero-order valence-corrected chi connectivity index (χ0v) is 6.70. The maximum absolute atomic E-state index is 10.2. The van der Waals surface area contributed by atoms with Crippen molar-refractivity contribution in [3.8, 4) is 0 Å². The summed E-state index contributed by atoms with van der Waals surface area (Å²) < 4.78 is 1.64. The molecule has 0 aliphatic heterocycles. The zero-order chi connectivity index (χ0) is 7.72. The van der Waals surface area contributed by atoms with Crippen molar-refractivity contribution in [2.45, 2.75) is 0 Å². The molecule has 1 aromatic heterocycles. The third-order valence-electron chi connectivity index (χ3n) is 0.963. The number of hydrogen-bond acceptors (Lipinski definition) is 3. The molecule has 5 nitrogen and oxygen atoms in total. The Hall–Kier alpha value is -0.910. The van der Waals surface area contributed by atoms with Crippen molar-refractivity contribution >= 4 is 21.6 Å². The Balaban J connectivity index is 3.15. The van der Waals surface area contributed by atoms with Crippen molar-refractivity contribution in [2.24, 2.45) is 7.05 Å². The average Bonchev–Trinajstić information content (AvgIpc) is 2.10. The number of rotatable bonds is 1. The van der Waals surface area contributed by atoms with E-state index in [1.807, 2.05) is 0 Å². The number of aryl methyl sites for hydroxylation is 1. The SMILES string of the molecule is Cn1cc([N+](=O)[O-])c(Br)n1. The van der Waals surface area contributed by atoms with E-state index < -0.39 is 4.92 Å². The van der Waals surface area contributed by atoms with Crippen LogP contribution in [0.2, 0.25) is 0 Å².